The number of nitrogens with zero attached hydrogens (tertiary/aromatic N) is 2. The Labute approximate surface area is 216 Å². The van der Waals surface area contributed by atoms with Gasteiger partial charge in [0.2, 0.25) is 12.3 Å². The van der Waals surface area contributed by atoms with Gasteiger partial charge < -0.3 is 19.9 Å². The van der Waals surface area contributed by atoms with E-state index in [0.29, 0.717) is 12.8 Å². The van der Waals surface area contributed by atoms with E-state index >= 15 is 0 Å². The molecule has 2 amide bonds. The van der Waals surface area contributed by atoms with Crippen molar-refractivity contribution in [3.8, 4) is 6.07 Å². The van der Waals surface area contributed by atoms with E-state index in [2.05, 4.69) is 5.32 Å². The number of benzene rings is 2. The number of nitrogens with one attached hydrogen (secondary N) is 1. The predicted molar refractivity (Wildman–Crippen MR) is 129 cm³/mol. The summed E-state index contributed by atoms with van der Waals surface area (Å²) in [5.74, 6) is -0.890. The van der Waals surface area contributed by atoms with Crippen molar-refractivity contribution in [1.29, 1.82) is 5.26 Å². The Morgan fingerprint density at radius 2 is 1.92 bits per heavy atom. The normalized spacial score (nSPS) is 34.7. The van der Waals surface area contributed by atoms with E-state index in [0.717, 1.165) is 17.8 Å². The lowest BCUT2D eigenvalue weighted by atomic mass is 9.56. The molecule has 2 N–H and O–H groups in total. The molecular formula is C27H26F3N3O5. The van der Waals surface area contributed by atoms with Crippen LogP contribution in [0.25, 0.3) is 0 Å². The average molecular weight is 530 g/mol. The van der Waals surface area contributed by atoms with Gasteiger partial charge in [0.05, 0.1) is 46.8 Å². The Morgan fingerprint density at radius 3 is 2.55 bits per heavy atom. The summed E-state index contributed by atoms with van der Waals surface area (Å²) in [6, 6.07) is 14.1. The van der Waals surface area contributed by atoms with Crippen molar-refractivity contribution in [2.24, 2.45) is 11.3 Å². The highest BCUT2D eigenvalue weighted by Crippen LogP contribution is 2.71. The lowest BCUT2D eigenvalue weighted by Crippen LogP contribution is -2.59. The third kappa shape index (κ3) is 3.55. The number of halogens is 3. The molecule has 8 nitrogen and oxygen atoms in total. The first-order valence-electron chi connectivity index (χ1n) is 12.1. The van der Waals surface area contributed by atoms with Crippen LogP contribution in [0, 0.1) is 22.7 Å². The number of carbonyl (C=O) groups excluding carboxylic acids is 2. The molecular weight excluding hydrogens is 503 g/mol. The van der Waals surface area contributed by atoms with Crippen molar-refractivity contribution in [1.82, 2.24) is 0 Å². The van der Waals surface area contributed by atoms with Gasteiger partial charge in [-0.2, -0.15) is 18.4 Å². The van der Waals surface area contributed by atoms with Crippen LogP contribution in [0.3, 0.4) is 0 Å². The van der Waals surface area contributed by atoms with Crippen LogP contribution in [-0.4, -0.2) is 47.6 Å². The maximum Gasteiger partial charge on any atom is 0.417 e. The SMILES string of the molecule is CC12CC(O)C3(CCOC4C3[C@]1(C)C(=O)N4c1ccc(C#N)c(C(F)(F)F)c1)O2.O=CNc1ccccc1. The lowest BCUT2D eigenvalue weighted by molar-refractivity contribution is -0.164. The molecule has 200 valence electrons. The second-order valence-corrected chi connectivity index (χ2v) is 10.3. The third-order valence-corrected chi connectivity index (χ3v) is 8.50. The summed E-state index contributed by atoms with van der Waals surface area (Å²) in [6.07, 6.45) is -4.97. The molecule has 6 atom stereocenters. The topological polar surface area (TPSA) is 112 Å². The zero-order valence-electron chi connectivity index (χ0n) is 20.7. The van der Waals surface area contributed by atoms with Crippen LogP contribution >= 0.6 is 0 Å². The third-order valence-electron chi connectivity index (χ3n) is 8.50. The van der Waals surface area contributed by atoms with Gasteiger partial charge in [-0.3, -0.25) is 14.5 Å². The minimum Gasteiger partial charge on any atom is -0.390 e. The van der Waals surface area contributed by atoms with Gasteiger partial charge in [0.25, 0.3) is 0 Å². The number of ether oxygens (including phenoxy) is 2. The van der Waals surface area contributed by atoms with Crippen LogP contribution in [-0.2, 0) is 25.2 Å². The van der Waals surface area contributed by atoms with Crippen molar-refractivity contribution in [3.05, 3.63) is 59.7 Å². The molecule has 4 aliphatic rings. The fraction of sp³-hybridized carbons (Fsp3) is 0.444. The van der Waals surface area contributed by atoms with Gasteiger partial charge in [-0.05, 0) is 44.2 Å². The second-order valence-electron chi connectivity index (χ2n) is 10.3. The van der Waals surface area contributed by atoms with E-state index in [4.69, 9.17) is 14.7 Å². The van der Waals surface area contributed by atoms with Crippen LogP contribution in [0.4, 0.5) is 24.5 Å². The van der Waals surface area contributed by atoms with E-state index < -0.39 is 52.2 Å². The van der Waals surface area contributed by atoms with Gasteiger partial charge in [-0.1, -0.05) is 18.2 Å². The number of hydrogen-bond acceptors (Lipinski definition) is 6. The summed E-state index contributed by atoms with van der Waals surface area (Å²) < 4.78 is 52.5. The van der Waals surface area contributed by atoms with Gasteiger partial charge in [-0.15, -0.1) is 0 Å². The molecule has 11 heteroatoms. The summed E-state index contributed by atoms with van der Waals surface area (Å²) in [5, 5.41) is 22.3. The van der Waals surface area contributed by atoms with Crippen molar-refractivity contribution in [2.75, 3.05) is 16.8 Å². The van der Waals surface area contributed by atoms with Gasteiger partial charge in [-0.25, -0.2) is 0 Å². The van der Waals surface area contributed by atoms with Crippen molar-refractivity contribution >= 4 is 23.7 Å². The summed E-state index contributed by atoms with van der Waals surface area (Å²) in [4.78, 5) is 24.7. The molecule has 38 heavy (non-hydrogen) atoms. The Balaban J connectivity index is 0.000000278. The number of aliphatic hydroxyl groups is 1. The maximum atomic E-state index is 13.6. The Bertz CT molecular complexity index is 1320. The van der Waals surface area contributed by atoms with E-state index in [1.807, 2.05) is 30.3 Å². The summed E-state index contributed by atoms with van der Waals surface area (Å²) in [7, 11) is 0. The standard InChI is InChI=1S/C20H19F3N2O4.C7H7NO/c1-17-8-13(26)19(29-17)5-6-28-15-14(19)18(17,2)16(27)25(15)11-4-3-10(9-24)12(7-11)20(21,22)23;9-6-8-7-4-2-1-3-5-7/h3-4,7,13-15,26H,5-6,8H2,1-2H3;1-6H,(H,8,9)/t13?,14?,15?,17?,18-,19?;/m1./s1. The fourth-order valence-electron chi connectivity index (χ4n) is 6.64. The number of amides is 2. The molecule has 5 unspecified atom stereocenters. The lowest BCUT2D eigenvalue weighted by Gasteiger charge is -2.46. The molecule has 0 saturated carbocycles. The molecule has 0 aliphatic carbocycles. The molecule has 4 saturated heterocycles. The van der Waals surface area contributed by atoms with Gasteiger partial charge in [0.15, 0.2) is 0 Å². The van der Waals surface area contributed by atoms with E-state index in [-0.39, 0.29) is 24.6 Å². The maximum absolute atomic E-state index is 13.6. The smallest absolute Gasteiger partial charge is 0.390 e. The van der Waals surface area contributed by atoms with Crippen molar-refractivity contribution in [2.45, 2.75) is 56.4 Å². The summed E-state index contributed by atoms with van der Waals surface area (Å²) in [5.41, 5.74) is -3.67. The molecule has 0 aromatic heterocycles. The first-order chi connectivity index (χ1) is 17.9. The quantitative estimate of drug-likeness (QED) is 0.585. The number of alkyl halides is 3. The molecule has 4 aliphatic heterocycles. The van der Waals surface area contributed by atoms with E-state index in [1.165, 1.54) is 11.0 Å². The Morgan fingerprint density at radius 1 is 1.21 bits per heavy atom. The van der Waals surface area contributed by atoms with E-state index in [1.54, 1.807) is 19.9 Å². The summed E-state index contributed by atoms with van der Waals surface area (Å²) in [6.45, 7) is 3.75. The second kappa shape index (κ2) is 8.80. The first kappa shape index (κ1) is 26.2. The molecule has 4 heterocycles. The van der Waals surface area contributed by atoms with Gasteiger partial charge in [0.1, 0.15) is 11.8 Å². The highest BCUT2D eigenvalue weighted by Gasteiger charge is 2.83. The highest BCUT2D eigenvalue weighted by molar-refractivity contribution is 6.02. The van der Waals surface area contributed by atoms with Crippen LogP contribution in [0.1, 0.15) is 37.8 Å². The minimum absolute atomic E-state index is 0.0245. The largest absolute Gasteiger partial charge is 0.417 e. The fourth-order valence-corrected chi connectivity index (χ4v) is 6.64. The number of para-hydroxylation sites is 1. The van der Waals surface area contributed by atoms with Crippen LogP contribution in [0.2, 0.25) is 0 Å². The van der Waals surface area contributed by atoms with Crippen molar-refractivity contribution in [3.63, 3.8) is 0 Å². The average Bonchev–Trinajstić information content (AvgIpc) is 3.37. The number of fused-ring (bicyclic) bond motifs is 2. The number of anilines is 2. The number of hydrogen-bond donors (Lipinski definition) is 2. The van der Waals surface area contributed by atoms with E-state index in [9.17, 15) is 27.9 Å². The number of nitriles is 1. The highest BCUT2D eigenvalue weighted by atomic mass is 19.4. The van der Waals surface area contributed by atoms with Crippen molar-refractivity contribution < 1.29 is 37.3 Å². The summed E-state index contributed by atoms with van der Waals surface area (Å²) >= 11 is 0. The van der Waals surface area contributed by atoms with Gasteiger partial charge >= 0.3 is 6.18 Å². The Kier molecular flexibility index (Phi) is 6.06. The van der Waals surface area contributed by atoms with Gasteiger partial charge in [0, 0.05) is 24.2 Å². The molecule has 4 fully saturated rings. The monoisotopic (exact) mass is 529 g/mol. The van der Waals surface area contributed by atoms with Crippen LogP contribution in [0.5, 0.6) is 0 Å². The molecule has 2 aromatic rings. The Hall–Kier alpha value is -3.46. The first-order valence-corrected chi connectivity index (χ1v) is 12.1. The molecule has 2 bridgehead atoms. The van der Waals surface area contributed by atoms with Crippen LogP contribution in [0.15, 0.2) is 48.5 Å². The number of rotatable bonds is 3. The zero-order valence-corrected chi connectivity index (χ0v) is 20.7. The minimum atomic E-state index is -4.73. The zero-order chi connectivity index (χ0) is 27.5. The number of carbonyl (C=O) groups is 2. The molecule has 0 radical (unpaired) electrons. The molecule has 6 rings (SSSR count). The number of aliphatic hydroxyl groups excluding tert-OH is 1. The molecule has 1 spiro atoms. The molecule has 2 aromatic carbocycles. The predicted octanol–water partition coefficient (Wildman–Crippen LogP) is 3.84. The van der Waals surface area contributed by atoms with Crippen LogP contribution < -0.4 is 10.2 Å².